The highest BCUT2D eigenvalue weighted by atomic mass is 35.5. The fraction of sp³-hybridized carbons (Fsp3) is 0.118. The normalized spacial score (nSPS) is 16.9. The molecule has 0 spiro atoms. The Morgan fingerprint density at radius 1 is 1.17 bits per heavy atom. The smallest absolute Gasteiger partial charge is 0.322 e. The molecule has 1 fully saturated rings. The monoisotopic (exact) mass is 343 g/mol. The van der Waals surface area contributed by atoms with Crippen molar-refractivity contribution in [3.05, 3.63) is 64.7 Å². The van der Waals surface area contributed by atoms with Gasteiger partial charge in [-0.05, 0) is 35.9 Å². The van der Waals surface area contributed by atoms with Gasteiger partial charge in [-0.3, -0.25) is 14.5 Å². The second-order valence-electron chi connectivity index (χ2n) is 5.37. The molecule has 122 valence electrons. The number of hydrogen-bond donors (Lipinski definition) is 2. The lowest BCUT2D eigenvalue weighted by atomic mass is 10.1. The Morgan fingerprint density at radius 3 is 2.46 bits per heavy atom. The molecule has 4 amide bonds. The van der Waals surface area contributed by atoms with Crippen molar-refractivity contribution in [3.8, 4) is 0 Å². The van der Waals surface area contributed by atoms with E-state index >= 15 is 0 Å². The number of urea groups is 1. The third-order valence-electron chi connectivity index (χ3n) is 3.74. The van der Waals surface area contributed by atoms with Crippen LogP contribution in [0.3, 0.4) is 0 Å². The highest BCUT2D eigenvalue weighted by Gasteiger charge is 2.36. The average molecular weight is 344 g/mol. The van der Waals surface area contributed by atoms with E-state index in [1.807, 2.05) is 0 Å². The molecule has 2 N–H and O–H groups in total. The van der Waals surface area contributed by atoms with Crippen molar-refractivity contribution < 1.29 is 14.4 Å². The van der Waals surface area contributed by atoms with Gasteiger partial charge in [0, 0.05) is 23.3 Å². The number of nitrogens with one attached hydrogen (secondary N) is 2. The lowest BCUT2D eigenvalue weighted by Crippen LogP contribution is -2.25. The third kappa shape index (κ3) is 3.09. The fourth-order valence-corrected chi connectivity index (χ4v) is 2.58. The molecule has 1 unspecified atom stereocenters. The minimum atomic E-state index is -0.694. The molecule has 0 aliphatic carbocycles. The molecule has 2 aromatic rings. The number of halogens is 1. The van der Waals surface area contributed by atoms with Crippen LogP contribution in [0.2, 0.25) is 5.02 Å². The van der Waals surface area contributed by atoms with Gasteiger partial charge in [-0.1, -0.05) is 29.8 Å². The van der Waals surface area contributed by atoms with E-state index in [1.54, 1.807) is 48.5 Å². The summed E-state index contributed by atoms with van der Waals surface area (Å²) in [7, 11) is 1.43. The Morgan fingerprint density at radius 2 is 1.88 bits per heavy atom. The van der Waals surface area contributed by atoms with Gasteiger partial charge in [0.05, 0.1) is 0 Å². The van der Waals surface area contributed by atoms with E-state index < -0.39 is 12.1 Å². The van der Waals surface area contributed by atoms with Gasteiger partial charge in [0.25, 0.3) is 11.8 Å². The Bertz CT molecular complexity index is 820. The minimum absolute atomic E-state index is 0.282. The third-order valence-corrected chi connectivity index (χ3v) is 3.97. The molecule has 0 aromatic heterocycles. The first-order valence-corrected chi connectivity index (χ1v) is 7.58. The first-order valence-electron chi connectivity index (χ1n) is 7.20. The van der Waals surface area contributed by atoms with Crippen molar-refractivity contribution in [1.29, 1.82) is 0 Å². The van der Waals surface area contributed by atoms with E-state index in [-0.39, 0.29) is 11.8 Å². The fourth-order valence-electron chi connectivity index (χ4n) is 2.39. The zero-order chi connectivity index (χ0) is 17.3. The van der Waals surface area contributed by atoms with Gasteiger partial charge in [-0.2, -0.15) is 0 Å². The van der Waals surface area contributed by atoms with Gasteiger partial charge in [0.1, 0.15) is 6.04 Å². The van der Waals surface area contributed by atoms with Crippen LogP contribution in [-0.2, 0) is 4.79 Å². The lowest BCUT2D eigenvalue weighted by Gasteiger charge is -2.10. The molecule has 2 aromatic carbocycles. The van der Waals surface area contributed by atoms with Crippen LogP contribution in [-0.4, -0.2) is 29.8 Å². The number of anilines is 1. The van der Waals surface area contributed by atoms with Gasteiger partial charge in [-0.15, -0.1) is 0 Å². The van der Waals surface area contributed by atoms with Gasteiger partial charge in [0.2, 0.25) is 0 Å². The number of rotatable bonds is 3. The van der Waals surface area contributed by atoms with Crippen molar-refractivity contribution >= 4 is 35.1 Å². The number of hydrogen-bond acceptors (Lipinski definition) is 3. The standard InChI is InChI=1S/C17H14ClN3O3/c1-21-16(23)14(20-17(21)24)10-5-7-13(8-6-10)19-15(22)11-3-2-4-12(18)9-11/h2-9,14H,1H3,(H,19,22)(H,20,24). The SMILES string of the molecule is CN1C(=O)NC(c2ccc(NC(=O)c3cccc(Cl)c3)cc2)C1=O. The number of likely N-dealkylation sites (N-methyl/N-ethyl adjacent to an activating group) is 1. The lowest BCUT2D eigenvalue weighted by molar-refractivity contribution is -0.126. The summed E-state index contributed by atoms with van der Waals surface area (Å²) < 4.78 is 0. The van der Waals surface area contributed by atoms with Crippen molar-refractivity contribution in [2.24, 2.45) is 0 Å². The molecule has 0 radical (unpaired) electrons. The molecule has 0 bridgehead atoms. The van der Waals surface area contributed by atoms with Crippen LogP contribution < -0.4 is 10.6 Å². The molecule has 7 heteroatoms. The summed E-state index contributed by atoms with van der Waals surface area (Å²) in [4.78, 5) is 36.6. The van der Waals surface area contributed by atoms with Crippen LogP contribution in [0.25, 0.3) is 0 Å². The summed E-state index contributed by atoms with van der Waals surface area (Å²) in [6, 6.07) is 12.2. The van der Waals surface area contributed by atoms with Crippen LogP contribution in [0.4, 0.5) is 10.5 Å². The van der Waals surface area contributed by atoms with Gasteiger partial charge >= 0.3 is 6.03 Å². The van der Waals surface area contributed by atoms with Gasteiger partial charge in [0.15, 0.2) is 0 Å². The summed E-state index contributed by atoms with van der Waals surface area (Å²) in [5.74, 6) is -0.592. The van der Waals surface area contributed by atoms with Crippen molar-refractivity contribution in [1.82, 2.24) is 10.2 Å². The van der Waals surface area contributed by atoms with E-state index in [2.05, 4.69) is 10.6 Å². The highest BCUT2D eigenvalue weighted by molar-refractivity contribution is 6.31. The summed E-state index contributed by atoms with van der Waals surface area (Å²) in [5.41, 5.74) is 1.68. The molecule has 6 nitrogen and oxygen atoms in total. The van der Waals surface area contributed by atoms with E-state index in [0.29, 0.717) is 21.8 Å². The van der Waals surface area contributed by atoms with E-state index in [9.17, 15) is 14.4 Å². The van der Waals surface area contributed by atoms with E-state index in [4.69, 9.17) is 11.6 Å². The molecule has 3 rings (SSSR count). The van der Waals surface area contributed by atoms with E-state index in [0.717, 1.165) is 4.90 Å². The maximum atomic E-state index is 12.2. The number of carbonyl (C=O) groups excluding carboxylic acids is 3. The van der Waals surface area contributed by atoms with Crippen molar-refractivity contribution in [2.45, 2.75) is 6.04 Å². The number of benzene rings is 2. The maximum absolute atomic E-state index is 12.2. The maximum Gasteiger partial charge on any atom is 0.324 e. The largest absolute Gasteiger partial charge is 0.324 e. The van der Waals surface area contributed by atoms with Crippen LogP contribution in [0.1, 0.15) is 22.0 Å². The molecule has 1 atom stereocenters. The quantitative estimate of drug-likeness (QED) is 0.841. The molecule has 24 heavy (non-hydrogen) atoms. The highest BCUT2D eigenvalue weighted by Crippen LogP contribution is 2.22. The summed E-state index contributed by atoms with van der Waals surface area (Å²) in [6.45, 7) is 0. The number of imide groups is 1. The Balaban J connectivity index is 1.72. The Labute approximate surface area is 143 Å². The van der Waals surface area contributed by atoms with Crippen LogP contribution >= 0.6 is 11.6 Å². The van der Waals surface area contributed by atoms with Crippen LogP contribution in [0.5, 0.6) is 0 Å². The molecule has 1 saturated heterocycles. The van der Waals surface area contributed by atoms with Crippen molar-refractivity contribution in [2.75, 3.05) is 12.4 Å². The second kappa shape index (κ2) is 6.33. The summed E-state index contributed by atoms with van der Waals surface area (Å²) in [5, 5.41) is 5.83. The molecular formula is C17H14ClN3O3. The predicted molar refractivity (Wildman–Crippen MR) is 89.9 cm³/mol. The Kier molecular flexibility index (Phi) is 4.22. The van der Waals surface area contributed by atoms with Crippen molar-refractivity contribution in [3.63, 3.8) is 0 Å². The zero-order valence-corrected chi connectivity index (χ0v) is 13.5. The predicted octanol–water partition coefficient (Wildman–Crippen LogP) is 2.82. The topological polar surface area (TPSA) is 78.5 Å². The van der Waals surface area contributed by atoms with E-state index in [1.165, 1.54) is 7.05 Å². The average Bonchev–Trinajstić information content (AvgIpc) is 2.83. The van der Waals surface area contributed by atoms with Crippen LogP contribution in [0, 0.1) is 0 Å². The van der Waals surface area contributed by atoms with Gasteiger partial charge < -0.3 is 10.6 Å². The summed E-state index contributed by atoms with van der Waals surface area (Å²) in [6.07, 6.45) is 0. The minimum Gasteiger partial charge on any atom is -0.322 e. The number of carbonyl (C=O) groups is 3. The zero-order valence-electron chi connectivity index (χ0n) is 12.7. The molecule has 0 saturated carbocycles. The van der Waals surface area contributed by atoms with Gasteiger partial charge in [-0.25, -0.2) is 4.79 Å². The summed E-state index contributed by atoms with van der Waals surface area (Å²) >= 11 is 5.87. The molecular weight excluding hydrogens is 330 g/mol. The number of amides is 4. The molecule has 1 aliphatic heterocycles. The first kappa shape index (κ1) is 16.0. The number of nitrogens with zero attached hydrogens (tertiary/aromatic N) is 1. The molecule has 1 heterocycles. The Hall–Kier alpha value is -2.86. The molecule has 1 aliphatic rings. The first-order chi connectivity index (χ1) is 11.5. The second-order valence-corrected chi connectivity index (χ2v) is 5.80. The van der Waals surface area contributed by atoms with Crippen LogP contribution in [0.15, 0.2) is 48.5 Å².